The van der Waals surface area contributed by atoms with Gasteiger partial charge in [-0.3, -0.25) is 4.72 Å². The highest BCUT2D eigenvalue weighted by Gasteiger charge is 2.19. The Hall–Kier alpha value is -3.63. The molecule has 0 aromatic heterocycles. The zero-order valence-electron chi connectivity index (χ0n) is 16.1. The predicted octanol–water partition coefficient (Wildman–Crippen LogP) is 4.23. The molecule has 6 nitrogen and oxygen atoms in total. The second-order valence-corrected chi connectivity index (χ2v) is 8.38. The van der Waals surface area contributed by atoms with Crippen LogP contribution in [0.1, 0.15) is 33.5 Å². The molecule has 152 valence electrons. The van der Waals surface area contributed by atoms with Crippen LogP contribution in [0.15, 0.2) is 77.7 Å². The number of carboxylic acid groups (broad SMARTS) is 1. The number of carboxylic acids is 1. The van der Waals surface area contributed by atoms with Crippen molar-refractivity contribution in [3.63, 3.8) is 0 Å². The fraction of sp³-hybridized carbons (Fsp3) is 0.130. The number of aromatic carboxylic acids is 1. The molecule has 0 radical (unpaired) electrons. The number of nitrogens with zero attached hydrogens (tertiary/aromatic N) is 1. The molecule has 0 saturated heterocycles. The van der Waals surface area contributed by atoms with E-state index in [1.54, 1.807) is 42.5 Å². The first kappa shape index (κ1) is 21.1. The van der Waals surface area contributed by atoms with Crippen LogP contribution >= 0.6 is 0 Å². The summed E-state index contributed by atoms with van der Waals surface area (Å²) < 4.78 is 28.2. The predicted molar refractivity (Wildman–Crippen MR) is 114 cm³/mol. The summed E-state index contributed by atoms with van der Waals surface area (Å²) in [5.74, 6) is -0.964. The molecule has 0 fully saturated rings. The van der Waals surface area contributed by atoms with Crippen LogP contribution in [-0.4, -0.2) is 19.5 Å². The Morgan fingerprint density at radius 2 is 1.70 bits per heavy atom. The summed E-state index contributed by atoms with van der Waals surface area (Å²) in [7, 11) is -3.91. The first-order valence-corrected chi connectivity index (χ1v) is 10.8. The minimum atomic E-state index is -3.91. The van der Waals surface area contributed by atoms with Gasteiger partial charge in [0.05, 0.1) is 16.8 Å². The van der Waals surface area contributed by atoms with E-state index in [2.05, 4.69) is 4.72 Å². The normalized spacial score (nSPS) is 10.9. The van der Waals surface area contributed by atoms with Gasteiger partial charge in [-0.1, -0.05) is 42.5 Å². The summed E-state index contributed by atoms with van der Waals surface area (Å²) >= 11 is 0. The van der Waals surface area contributed by atoms with Crippen LogP contribution in [-0.2, 0) is 22.9 Å². The number of hydrogen-bond acceptors (Lipinski definition) is 4. The van der Waals surface area contributed by atoms with Crippen LogP contribution in [0.3, 0.4) is 0 Å². The number of sulfonamides is 1. The molecule has 0 amide bonds. The highest BCUT2D eigenvalue weighted by atomic mass is 32.2. The van der Waals surface area contributed by atoms with E-state index in [0.717, 1.165) is 17.5 Å². The van der Waals surface area contributed by atoms with Gasteiger partial charge < -0.3 is 5.11 Å². The van der Waals surface area contributed by atoms with Crippen LogP contribution in [0.5, 0.6) is 0 Å². The van der Waals surface area contributed by atoms with Gasteiger partial charge in [0.15, 0.2) is 0 Å². The smallest absolute Gasteiger partial charge is 0.335 e. The summed E-state index contributed by atoms with van der Waals surface area (Å²) in [4.78, 5) is 11.0. The van der Waals surface area contributed by atoms with Gasteiger partial charge in [-0.05, 0) is 60.7 Å². The van der Waals surface area contributed by atoms with Crippen molar-refractivity contribution in [2.24, 2.45) is 0 Å². The number of aryl methyl sites for hydroxylation is 2. The third-order valence-corrected chi connectivity index (χ3v) is 6.07. The number of para-hydroxylation sites is 1. The van der Waals surface area contributed by atoms with E-state index in [0.29, 0.717) is 18.5 Å². The molecule has 0 atom stereocenters. The minimum Gasteiger partial charge on any atom is -0.478 e. The molecule has 3 aromatic carbocycles. The third kappa shape index (κ3) is 5.04. The van der Waals surface area contributed by atoms with Crippen LogP contribution in [0.4, 0.5) is 5.69 Å². The summed E-state index contributed by atoms with van der Waals surface area (Å²) in [5.41, 5.74) is 2.53. The van der Waals surface area contributed by atoms with Crippen molar-refractivity contribution >= 4 is 21.7 Å². The van der Waals surface area contributed by atoms with Gasteiger partial charge in [-0.2, -0.15) is 5.26 Å². The molecule has 0 saturated carbocycles. The molecule has 7 heteroatoms. The number of nitrogens with one attached hydrogen (secondary N) is 1. The first-order chi connectivity index (χ1) is 14.4. The van der Waals surface area contributed by atoms with Crippen molar-refractivity contribution in [3.8, 4) is 6.07 Å². The standard InChI is InChI=1S/C23H20N2O4S/c24-16-20-10-2-4-14-22(20)30(28,29)25-21-13-3-1-9-18(21)11-5-7-17-8-6-12-19(15-17)23(26)27/h1-4,6,8-10,12-15,25H,5,7,11H2,(H,26,27). The van der Waals surface area contributed by atoms with Gasteiger partial charge in [-0.25, -0.2) is 13.2 Å². The van der Waals surface area contributed by atoms with Gasteiger partial charge in [-0.15, -0.1) is 0 Å². The lowest BCUT2D eigenvalue weighted by atomic mass is 10.0. The second kappa shape index (κ2) is 9.25. The summed E-state index contributed by atoms with van der Waals surface area (Å²) in [6.07, 6.45) is 1.99. The van der Waals surface area contributed by atoms with Crippen molar-refractivity contribution in [1.82, 2.24) is 0 Å². The number of carbonyl (C=O) groups is 1. The zero-order chi connectivity index (χ0) is 21.6. The molecule has 3 aromatic rings. The van der Waals surface area contributed by atoms with Gasteiger partial charge in [0.2, 0.25) is 0 Å². The zero-order valence-corrected chi connectivity index (χ0v) is 16.9. The molecule has 0 aliphatic rings. The second-order valence-electron chi connectivity index (χ2n) is 6.73. The number of rotatable bonds is 8. The molecule has 3 rings (SSSR count). The third-order valence-electron chi connectivity index (χ3n) is 4.64. The maximum Gasteiger partial charge on any atom is 0.335 e. The lowest BCUT2D eigenvalue weighted by molar-refractivity contribution is 0.0696. The Balaban J connectivity index is 1.74. The van der Waals surface area contributed by atoms with E-state index in [1.165, 1.54) is 12.1 Å². The molecule has 2 N–H and O–H groups in total. The van der Waals surface area contributed by atoms with Crippen LogP contribution < -0.4 is 4.72 Å². The quantitative estimate of drug-likeness (QED) is 0.567. The van der Waals surface area contributed by atoms with Gasteiger partial charge in [0, 0.05) is 0 Å². The molecule has 0 aliphatic heterocycles. The molecule has 0 bridgehead atoms. The first-order valence-electron chi connectivity index (χ1n) is 9.33. The summed E-state index contributed by atoms with van der Waals surface area (Å²) in [6, 6.07) is 21.9. The topological polar surface area (TPSA) is 107 Å². The lowest BCUT2D eigenvalue weighted by Crippen LogP contribution is -2.15. The summed E-state index contributed by atoms with van der Waals surface area (Å²) in [5, 5.41) is 18.3. The SMILES string of the molecule is N#Cc1ccccc1S(=O)(=O)Nc1ccccc1CCCc1cccc(C(=O)O)c1. The summed E-state index contributed by atoms with van der Waals surface area (Å²) in [6.45, 7) is 0. The van der Waals surface area contributed by atoms with E-state index in [-0.39, 0.29) is 16.0 Å². The van der Waals surface area contributed by atoms with Crippen LogP contribution in [0.25, 0.3) is 0 Å². The Morgan fingerprint density at radius 1 is 0.967 bits per heavy atom. The fourth-order valence-electron chi connectivity index (χ4n) is 3.17. The Morgan fingerprint density at radius 3 is 2.47 bits per heavy atom. The van der Waals surface area contributed by atoms with Crippen molar-refractivity contribution < 1.29 is 18.3 Å². The lowest BCUT2D eigenvalue weighted by Gasteiger charge is -2.13. The average Bonchev–Trinajstić information content (AvgIpc) is 2.75. The molecule has 30 heavy (non-hydrogen) atoms. The van der Waals surface area contributed by atoms with E-state index in [4.69, 9.17) is 5.11 Å². The van der Waals surface area contributed by atoms with Crippen molar-refractivity contribution in [2.75, 3.05) is 4.72 Å². The number of hydrogen-bond donors (Lipinski definition) is 2. The molecular formula is C23H20N2O4S. The minimum absolute atomic E-state index is 0.0622. The maximum absolute atomic E-state index is 12.8. The number of nitriles is 1. The molecular weight excluding hydrogens is 400 g/mol. The molecule has 0 spiro atoms. The van der Waals surface area contributed by atoms with Gasteiger partial charge in [0.1, 0.15) is 11.0 Å². The van der Waals surface area contributed by atoms with E-state index in [1.807, 2.05) is 24.3 Å². The Kier molecular flexibility index (Phi) is 6.50. The number of benzene rings is 3. The Labute approximate surface area is 175 Å². The van der Waals surface area contributed by atoms with Crippen LogP contribution in [0, 0.1) is 11.3 Å². The van der Waals surface area contributed by atoms with Crippen molar-refractivity contribution in [2.45, 2.75) is 24.2 Å². The van der Waals surface area contributed by atoms with Crippen molar-refractivity contribution in [1.29, 1.82) is 5.26 Å². The molecule has 0 heterocycles. The molecule has 0 unspecified atom stereocenters. The van der Waals surface area contributed by atoms with Crippen molar-refractivity contribution in [3.05, 3.63) is 95.1 Å². The van der Waals surface area contributed by atoms with E-state index < -0.39 is 16.0 Å². The van der Waals surface area contributed by atoms with E-state index in [9.17, 15) is 18.5 Å². The average molecular weight is 420 g/mol. The fourth-order valence-corrected chi connectivity index (χ4v) is 4.43. The highest BCUT2D eigenvalue weighted by molar-refractivity contribution is 7.92. The molecule has 0 aliphatic carbocycles. The largest absolute Gasteiger partial charge is 0.478 e. The highest BCUT2D eigenvalue weighted by Crippen LogP contribution is 2.23. The van der Waals surface area contributed by atoms with E-state index >= 15 is 0 Å². The number of anilines is 1. The van der Waals surface area contributed by atoms with Gasteiger partial charge in [0.25, 0.3) is 10.0 Å². The van der Waals surface area contributed by atoms with Gasteiger partial charge >= 0.3 is 5.97 Å². The monoisotopic (exact) mass is 420 g/mol. The Bertz CT molecular complexity index is 1210. The maximum atomic E-state index is 12.8. The van der Waals surface area contributed by atoms with Crippen LogP contribution in [0.2, 0.25) is 0 Å².